The molecule has 0 aromatic heterocycles. The first-order valence-electron chi connectivity index (χ1n) is 6.94. The Bertz CT molecular complexity index is 242. The van der Waals surface area contributed by atoms with Crippen LogP contribution in [0.2, 0.25) is 0 Å². The molecule has 2 aliphatic rings. The molecule has 0 aliphatic carbocycles. The van der Waals surface area contributed by atoms with E-state index in [1.165, 1.54) is 0 Å². The van der Waals surface area contributed by atoms with E-state index in [2.05, 4.69) is 23.6 Å². The third-order valence-corrected chi connectivity index (χ3v) is 3.88. The molecule has 2 aliphatic heterocycles. The minimum Gasteiger partial charge on any atom is -0.387 e. The van der Waals surface area contributed by atoms with E-state index in [0.29, 0.717) is 6.10 Å². The lowest BCUT2D eigenvalue weighted by Crippen LogP contribution is -2.64. The molecule has 0 saturated carbocycles. The number of nitrogens with zero attached hydrogens (tertiary/aromatic N) is 2. The summed E-state index contributed by atoms with van der Waals surface area (Å²) in [5, 5.41) is 10.1. The van der Waals surface area contributed by atoms with E-state index >= 15 is 0 Å². The molecule has 4 heteroatoms. The molecular formula is C13H26N2O2. The zero-order chi connectivity index (χ0) is 12.3. The Hall–Kier alpha value is -0.160. The van der Waals surface area contributed by atoms with E-state index in [0.717, 1.165) is 58.7 Å². The van der Waals surface area contributed by atoms with Gasteiger partial charge in [0.2, 0.25) is 0 Å². The third kappa shape index (κ3) is 3.41. The molecule has 2 heterocycles. The van der Waals surface area contributed by atoms with Crippen LogP contribution in [0.5, 0.6) is 0 Å². The van der Waals surface area contributed by atoms with E-state index in [4.69, 9.17) is 4.74 Å². The van der Waals surface area contributed by atoms with Crippen molar-refractivity contribution in [1.29, 1.82) is 0 Å². The number of hydrogen-bond acceptors (Lipinski definition) is 4. The van der Waals surface area contributed by atoms with Crippen LogP contribution in [0.15, 0.2) is 0 Å². The van der Waals surface area contributed by atoms with Crippen LogP contribution in [0.3, 0.4) is 0 Å². The quantitative estimate of drug-likeness (QED) is 0.764. The van der Waals surface area contributed by atoms with Crippen molar-refractivity contribution in [3.05, 3.63) is 0 Å². The Morgan fingerprint density at radius 2 is 2.06 bits per heavy atom. The molecule has 0 amide bonds. The largest absolute Gasteiger partial charge is 0.387 e. The van der Waals surface area contributed by atoms with Gasteiger partial charge in [-0.25, -0.2) is 0 Å². The molecule has 0 spiro atoms. The van der Waals surface area contributed by atoms with Gasteiger partial charge in [0.25, 0.3) is 0 Å². The number of likely N-dealkylation sites (tertiary alicyclic amines) is 1. The number of hydrogen-bond donors (Lipinski definition) is 1. The van der Waals surface area contributed by atoms with E-state index in [1.807, 2.05) is 0 Å². The SMILES string of the molecule is CCCC1(O)CN(CC2CN(CC)CCO2)C1. The van der Waals surface area contributed by atoms with Crippen LogP contribution in [0.1, 0.15) is 26.7 Å². The molecule has 4 nitrogen and oxygen atoms in total. The molecule has 100 valence electrons. The van der Waals surface area contributed by atoms with Crippen LogP contribution in [0.4, 0.5) is 0 Å². The van der Waals surface area contributed by atoms with Crippen molar-refractivity contribution < 1.29 is 9.84 Å². The van der Waals surface area contributed by atoms with Crippen LogP contribution in [0.25, 0.3) is 0 Å². The highest BCUT2D eigenvalue weighted by Gasteiger charge is 2.41. The Morgan fingerprint density at radius 1 is 1.29 bits per heavy atom. The van der Waals surface area contributed by atoms with Crippen molar-refractivity contribution in [2.45, 2.75) is 38.4 Å². The first-order chi connectivity index (χ1) is 8.15. The summed E-state index contributed by atoms with van der Waals surface area (Å²) in [6, 6.07) is 0. The standard InChI is InChI=1S/C13H26N2O2/c1-3-5-13(16)10-15(11-13)9-12-8-14(4-2)6-7-17-12/h12,16H,3-11H2,1-2H3. The molecule has 2 rings (SSSR count). The number of aliphatic hydroxyl groups is 1. The van der Waals surface area contributed by atoms with E-state index in [-0.39, 0.29) is 0 Å². The number of rotatable bonds is 5. The van der Waals surface area contributed by atoms with Crippen LogP contribution >= 0.6 is 0 Å². The van der Waals surface area contributed by atoms with E-state index < -0.39 is 5.60 Å². The molecule has 0 aromatic rings. The Balaban J connectivity index is 1.69. The van der Waals surface area contributed by atoms with Gasteiger partial charge in [0.15, 0.2) is 0 Å². The van der Waals surface area contributed by atoms with E-state index in [1.54, 1.807) is 0 Å². The molecule has 0 bridgehead atoms. The normalized spacial score (nSPS) is 30.2. The Morgan fingerprint density at radius 3 is 2.71 bits per heavy atom. The van der Waals surface area contributed by atoms with Crippen LogP contribution in [-0.2, 0) is 4.74 Å². The minimum absolute atomic E-state index is 0.329. The summed E-state index contributed by atoms with van der Waals surface area (Å²) in [6.45, 7) is 11.0. The van der Waals surface area contributed by atoms with Crippen LogP contribution < -0.4 is 0 Å². The minimum atomic E-state index is -0.409. The molecule has 0 aromatic carbocycles. The zero-order valence-electron chi connectivity index (χ0n) is 11.2. The smallest absolute Gasteiger partial charge is 0.0900 e. The van der Waals surface area contributed by atoms with Crippen molar-refractivity contribution in [2.24, 2.45) is 0 Å². The molecule has 0 radical (unpaired) electrons. The van der Waals surface area contributed by atoms with Gasteiger partial charge in [-0.3, -0.25) is 9.80 Å². The van der Waals surface area contributed by atoms with Gasteiger partial charge in [-0.15, -0.1) is 0 Å². The molecule has 17 heavy (non-hydrogen) atoms. The highest BCUT2D eigenvalue weighted by Crippen LogP contribution is 2.26. The van der Waals surface area contributed by atoms with Crippen molar-refractivity contribution in [3.63, 3.8) is 0 Å². The number of ether oxygens (including phenoxy) is 1. The van der Waals surface area contributed by atoms with Gasteiger partial charge in [-0.2, -0.15) is 0 Å². The van der Waals surface area contributed by atoms with Crippen molar-refractivity contribution >= 4 is 0 Å². The van der Waals surface area contributed by atoms with Gasteiger partial charge in [0, 0.05) is 32.7 Å². The molecule has 2 saturated heterocycles. The van der Waals surface area contributed by atoms with Gasteiger partial charge in [-0.1, -0.05) is 20.3 Å². The second kappa shape index (κ2) is 5.65. The summed E-state index contributed by atoms with van der Waals surface area (Å²) in [4.78, 5) is 4.76. The summed E-state index contributed by atoms with van der Waals surface area (Å²) >= 11 is 0. The summed E-state index contributed by atoms with van der Waals surface area (Å²) in [5.41, 5.74) is -0.409. The van der Waals surface area contributed by atoms with Gasteiger partial charge >= 0.3 is 0 Å². The Kier molecular flexibility index (Phi) is 4.42. The van der Waals surface area contributed by atoms with E-state index in [9.17, 15) is 5.11 Å². The summed E-state index contributed by atoms with van der Waals surface area (Å²) in [6.07, 6.45) is 2.32. The maximum atomic E-state index is 10.1. The summed E-state index contributed by atoms with van der Waals surface area (Å²) in [7, 11) is 0. The summed E-state index contributed by atoms with van der Waals surface area (Å²) in [5.74, 6) is 0. The average molecular weight is 242 g/mol. The zero-order valence-corrected chi connectivity index (χ0v) is 11.2. The molecular weight excluding hydrogens is 216 g/mol. The lowest BCUT2D eigenvalue weighted by atomic mass is 9.89. The fourth-order valence-corrected chi connectivity index (χ4v) is 3.00. The lowest BCUT2D eigenvalue weighted by molar-refractivity contribution is -0.127. The molecule has 1 N–H and O–H groups in total. The van der Waals surface area contributed by atoms with Crippen molar-refractivity contribution in [3.8, 4) is 0 Å². The predicted octanol–water partition coefficient (Wildman–Crippen LogP) is 0.554. The fraction of sp³-hybridized carbons (Fsp3) is 1.00. The van der Waals surface area contributed by atoms with Gasteiger partial charge in [0.05, 0.1) is 18.3 Å². The molecule has 2 fully saturated rings. The maximum Gasteiger partial charge on any atom is 0.0900 e. The monoisotopic (exact) mass is 242 g/mol. The average Bonchev–Trinajstić information content (AvgIpc) is 2.28. The summed E-state index contributed by atoms with van der Waals surface area (Å²) < 4.78 is 5.78. The van der Waals surface area contributed by atoms with Gasteiger partial charge in [0.1, 0.15) is 0 Å². The number of likely N-dealkylation sites (N-methyl/N-ethyl adjacent to an activating group) is 1. The highest BCUT2D eigenvalue weighted by atomic mass is 16.5. The number of β-amino-alcohol motifs (C(OH)–C–C–N with tert-alkyl or cyclic N) is 1. The second-order valence-corrected chi connectivity index (χ2v) is 5.53. The lowest BCUT2D eigenvalue weighted by Gasteiger charge is -2.48. The van der Waals surface area contributed by atoms with Crippen LogP contribution in [-0.4, -0.2) is 72.5 Å². The maximum absolute atomic E-state index is 10.1. The van der Waals surface area contributed by atoms with Crippen molar-refractivity contribution in [2.75, 3.05) is 45.9 Å². The van der Waals surface area contributed by atoms with Gasteiger partial charge < -0.3 is 9.84 Å². The molecule has 1 unspecified atom stereocenters. The van der Waals surface area contributed by atoms with Crippen molar-refractivity contribution in [1.82, 2.24) is 9.80 Å². The highest BCUT2D eigenvalue weighted by molar-refractivity contribution is 4.96. The first-order valence-corrected chi connectivity index (χ1v) is 6.94. The number of morpholine rings is 1. The molecule has 1 atom stereocenters. The first kappa shape index (κ1) is 13.3. The van der Waals surface area contributed by atoms with Gasteiger partial charge in [-0.05, 0) is 13.0 Å². The fourth-order valence-electron chi connectivity index (χ4n) is 3.00. The second-order valence-electron chi connectivity index (χ2n) is 5.53. The predicted molar refractivity (Wildman–Crippen MR) is 68.2 cm³/mol. The third-order valence-electron chi connectivity index (χ3n) is 3.88. The topological polar surface area (TPSA) is 35.9 Å². The van der Waals surface area contributed by atoms with Crippen LogP contribution in [0, 0.1) is 0 Å². The Labute approximate surface area is 105 Å².